The summed E-state index contributed by atoms with van der Waals surface area (Å²) >= 11 is 0. The summed E-state index contributed by atoms with van der Waals surface area (Å²) < 4.78 is 5.19. The SMILES string of the molecule is CC(NC1CCN(C(=O)c2ccco2)CC1)c1cccc(CO)c1. The number of carbonyl (C=O) groups is 1. The number of nitrogens with zero attached hydrogens (tertiary/aromatic N) is 1. The van der Waals surface area contributed by atoms with Gasteiger partial charge in [-0.2, -0.15) is 0 Å². The summed E-state index contributed by atoms with van der Waals surface area (Å²) in [6.45, 7) is 3.67. The Morgan fingerprint density at radius 2 is 2.12 bits per heavy atom. The summed E-state index contributed by atoms with van der Waals surface area (Å²) in [7, 11) is 0. The monoisotopic (exact) mass is 328 g/mol. The van der Waals surface area contributed by atoms with Gasteiger partial charge in [0, 0.05) is 25.2 Å². The molecule has 1 atom stereocenters. The van der Waals surface area contributed by atoms with Crippen LogP contribution in [0.1, 0.15) is 47.5 Å². The Morgan fingerprint density at radius 1 is 1.33 bits per heavy atom. The van der Waals surface area contributed by atoms with Crippen LogP contribution in [-0.4, -0.2) is 35.0 Å². The van der Waals surface area contributed by atoms with E-state index in [2.05, 4.69) is 18.3 Å². The van der Waals surface area contributed by atoms with E-state index < -0.39 is 0 Å². The van der Waals surface area contributed by atoms with Crippen LogP contribution < -0.4 is 5.32 Å². The van der Waals surface area contributed by atoms with Crippen LogP contribution in [0, 0.1) is 0 Å². The maximum absolute atomic E-state index is 12.3. The van der Waals surface area contributed by atoms with Crippen molar-refractivity contribution < 1.29 is 14.3 Å². The van der Waals surface area contributed by atoms with Gasteiger partial charge in [0.15, 0.2) is 5.76 Å². The molecule has 128 valence electrons. The first kappa shape index (κ1) is 16.7. The van der Waals surface area contributed by atoms with Gasteiger partial charge in [-0.05, 0) is 43.0 Å². The number of hydrogen-bond donors (Lipinski definition) is 2. The molecule has 0 bridgehead atoms. The van der Waals surface area contributed by atoms with E-state index in [4.69, 9.17) is 4.42 Å². The quantitative estimate of drug-likeness (QED) is 0.886. The van der Waals surface area contributed by atoms with E-state index in [9.17, 15) is 9.90 Å². The molecule has 1 amide bonds. The second-order valence-electron chi connectivity index (χ2n) is 6.34. The number of likely N-dealkylation sites (tertiary alicyclic amines) is 1. The zero-order chi connectivity index (χ0) is 16.9. The molecule has 1 saturated heterocycles. The fraction of sp³-hybridized carbons (Fsp3) is 0.421. The third-order valence-electron chi connectivity index (χ3n) is 4.63. The fourth-order valence-electron chi connectivity index (χ4n) is 3.22. The highest BCUT2D eigenvalue weighted by Gasteiger charge is 2.25. The first-order valence-electron chi connectivity index (χ1n) is 8.46. The molecule has 1 fully saturated rings. The molecule has 2 aromatic rings. The van der Waals surface area contributed by atoms with Gasteiger partial charge in [0.05, 0.1) is 12.9 Å². The second-order valence-corrected chi connectivity index (χ2v) is 6.34. The van der Waals surface area contributed by atoms with Crippen molar-refractivity contribution in [2.45, 2.75) is 38.5 Å². The molecule has 0 spiro atoms. The number of benzene rings is 1. The molecule has 2 heterocycles. The number of furan rings is 1. The summed E-state index contributed by atoms with van der Waals surface area (Å²) in [5, 5.41) is 12.9. The third-order valence-corrected chi connectivity index (χ3v) is 4.63. The van der Waals surface area contributed by atoms with E-state index in [0.717, 1.165) is 31.5 Å². The van der Waals surface area contributed by atoms with Crippen LogP contribution in [0.3, 0.4) is 0 Å². The maximum atomic E-state index is 12.3. The number of amides is 1. The third kappa shape index (κ3) is 3.86. The summed E-state index contributed by atoms with van der Waals surface area (Å²) in [6.07, 6.45) is 3.39. The molecule has 1 unspecified atom stereocenters. The number of aliphatic hydroxyl groups excluding tert-OH is 1. The Hall–Kier alpha value is -2.11. The molecule has 0 aliphatic carbocycles. The first-order chi connectivity index (χ1) is 11.7. The number of rotatable bonds is 5. The van der Waals surface area contributed by atoms with E-state index in [-0.39, 0.29) is 18.6 Å². The lowest BCUT2D eigenvalue weighted by atomic mass is 10.0. The molecular weight excluding hydrogens is 304 g/mol. The summed E-state index contributed by atoms with van der Waals surface area (Å²) in [4.78, 5) is 14.1. The van der Waals surface area contributed by atoms with Gasteiger partial charge in [0.2, 0.25) is 0 Å². The van der Waals surface area contributed by atoms with E-state index >= 15 is 0 Å². The van der Waals surface area contributed by atoms with Gasteiger partial charge in [-0.1, -0.05) is 24.3 Å². The topological polar surface area (TPSA) is 65.7 Å². The Kier molecular flexibility index (Phi) is 5.33. The minimum Gasteiger partial charge on any atom is -0.459 e. The maximum Gasteiger partial charge on any atom is 0.289 e. The zero-order valence-electron chi connectivity index (χ0n) is 13.9. The molecule has 1 aliphatic heterocycles. The van der Waals surface area contributed by atoms with Crippen LogP contribution in [0.25, 0.3) is 0 Å². The highest BCUT2D eigenvalue weighted by atomic mass is 16.3. The standard InChI is InChI=1S/C19H24N2O3/c1-14(16-5-2-4-15(12-16)13-22)20-17-7-9-21(10-8-17)19(23)18-6-3-11-24-18/h2-6,11-12,14,17,20,22H,7-10,13H2,1H3. The molecular formula is C19H24N2O3. The molecule has 3 rings (SSSR count). The number of nitrogens with one attached hydrogen (secondary N) is 1. The fourth-order valence-corrected chi connectivity index (χ4v) is 3.22. The van der Waals surface area contributed by atoms with E-state index in [1.807, 2.05) is 23.1 Å². The molecule has 0 radical (unpaired) electrons. The first-order valence-corrected chi connectivity index (χ1v) is 8.46. The number of carbonyl (C=O) groups excluding carboxylic acids is 1. The van der Waals surface area contributed by atoms with Crippen molar-refractivity contribution in [2.75, 3.05) is 13.1 Å². The average molecular weight is 328 g/mol. The van der Waals surface area contributed by atoms with Crippen molar-refractivity contribution in [3.63, 3.8) is 0 Å². The predicted molar refractivity (Wildman–Crippen MR) is 91.5 cm³/mol. The van der Waals surface area contributed by atoms with Gasteiger partial charge in [-0.3, -0.25) is 4.79 Å². The molecule has 1 aromatic carbocycles. The lowest BCUT2D eigenvalue weighted by Gasteiger charge is -2.33. The molecule has 5 nitrogen and oxygen atoms in total. The smallest absolute Gasteiger partial charge is 0.289 e. The lowest BCUT2D eigenvalue weighted by molar-refractivity contribution is 0.0670. The molecule has 1 aromatic heterocycles. The van der Waals surface area contributed by atoms with Crippen LogP contribution in [0.5, 0.6) is 0 Å². The second kappa shape index (κ2) is 7.64. The zero-order valence-corrected chi connectivity index (χ0v) is 13.9. The van der Waals surface area contributed by atoms with Crippen LogP contribution in [0.4, 0.5) is 0 Å². The van der Waals surface area contributed by atoms with Crippen molar-refractivity contribution in [3.8, 4) is 0 Å². The van der Waals surface area contributed by atoms with Crippen molar-refractivity contribution in [3.05, 3.63) is 59.5 Å². The summed E-state index contributed by atoms with van der Waals surface area (Å²) in [5.74, 6) is 0.387. The minimum atomic E-state index is -0.0258. The Labute approximate surface area is 142 Å². The van der Waals surface area contributed by atoms with E-state index in [1.54, 1.807) is 12.1 Å². The molecule has 2 N–H and O–H groups in total. The van der Waals surface area contributed by atoms with Crippen molar-refractivity contribution in [2.24, 2.45) is 0 Å². The van der Waals surface area contributed by atoms with Gasteiger partial charge in [0.25, 0.3) is 5.91 Å². The number of piperidine rings is 1. The van der Waals surface area contributed by atoms with E-state index in [1.165, 1.54) is 11.8 Å². The summed E-state index contributed by atoms with van der Waals surface area (Å²) in [6, 6.07) is 12.1. The van der Waals surface area contributed by atoms with Gasteiger partial charge < -0.3 is 19.7 Å². The van der Waals surface area contributed by atoms with Gasteiger partial charge in [-0.25, -0.2) is 0 Å². The van der Waals surface area contributed by atoms with E-state index in [0.29, 0.717) is 11.8 Å². The van der Waals surface area contributed by atoms with Crippen LogP contribution >= 0.6 is 0 Å². The molecule has 1 aliphatic rings. The molecule has 5 heteroatoms. The van der Waals surface area contributed by atoms with Crippen molar-refractivity contribution in [1.82, 2.24) is 10.2 Å². The Bertz CT molecular complexity index is 661. The minimum absolute atomic E-state index is 0.0258. The lowest BCUT2D eigenvalue weighted by Crippen LogP contribution is -2.45. The van der Waals surface area contributed by atoms with Crippen LogP contribution in [0.15, 0.2) is 47.1 Å². The number of aliphatic hydroxyl groups is 1. The van der Waals surface area contributed by atoms with Gasteiger partial charge >= 0.3 is 0 Å². The normalized spacial score (nSPS) is 17.0. The molecule has 0 saturated carbocycles. The molecule has 24 heavy (non-hydrogen) atoms. The predicted octanol–water partition coefficient (Wildman–Crippen LogP) is 2.73. The highest BCUT2D eigenvalue weighted by Crippen LogP contribution is 2.19. The van der Waals surface area contributed by atoms with Crippen LogP contribution in [0.2, 0.25) is 0 Å². The largest absolute Gasteiger partial charge is 0.459 e. The Balaban J connectivity index is 1.52. The number of hydrogen-bond acceptors (Lipinski definition) is 4. The Morgan fingerprint density at radius 3 is 2.79 bits per heavy atom. The van der Waals surface area contributed by atoms with Gasteiger partial charge in [0.1, 0.15) is 0 Å². The average Bonchev–Trinajstić information content (AvgIpc) is 3.16. The van der Waals surface area contributed by atoms with Crippen molar-refractivity contribution >= 4 is 5.91 Å². The van der Waals surface area contributed by atoms with Gasteiger partial charge in [-0.15, -0.1) is 0 Å². The highest BCUT2D eigenvalue weighted by molar-refractivity contribution is 5.91. The van der Waals surface area contributed by atoms with Crippen molar-refractivity contribution in [1.29, 1.82) is 0 Å². The van der Waals surface area contributed by atoms with Crippen LogP contribution in [-0.2, 0) is 6.61 Å². The summed E-state index contributed by atoms with van der Waals surface area (Å²) in [5.41, 5.74) is 2.11.